The molecule has 0 spiro atoms. The number of nitrogens with one attached hydrogen (secondary N) is 1. The summed E-state index contributed by atoms with van der Waals surface area (Å²) in [6.07, 6.45) is 0. The highest BCUT2D eigenvalue weighted by Crippen LogP contribution is 2.07. The Balaban J connectivity index is 2.46. The van der Waals surface area contributed by atoms with Gasteiger partial charge in [-0.25, -0.2) is 0 Å². The Morgan fingerprint density at radius 3 is 2.15 bits per heavy atom. The minimum atomic E-state index is -0.0291. The Hall–Kier alpha value is -1.06. The molecule has 20 heavy (non-hydrogen) atoms. The fourth-order valence-electron chi connectivity index (χ4n) is 2.26. The van der Waals surface area contributed by atoms with Gasteiger partial charge in [-0.05, 0) is 45.4 Å². The van der Waals surface area contributed by atoms with E-state index in [-0.39, 0.29) is 5.91 Å². The van der Waals surface area contributed by atoms with Gasteiger partial charge >= 0.3 is 0 Å². The van der Waals surface area contributed by atoms with Crippen LogP contribution in [0.4, 0.5) is 0 Å². The van der Waals surface area contributed by atoms with Crippen molar-refractivity contribution >= 4 is 17.5 Å². The number of carbonyl (C=O) groups is 1. The molecule has 0 fully saturated rings. The Morgan fingerprint density at radius 2 is 1.70 bits per heavy atom. The highest BCUT2D eigenvalue weighted by molar-refractivity contribution is 6.17. The third kappa shape index (κ3) is 5.14. The highest BCUT2D eigenvalue weighted by atomic mass is 35.5. The molecule has 0 bridgehead atoms. The zero-order valence-corrected chi connectivity index (χ0v) is 13.6. The number of amides is 1. The van der Waals surface area contributed by atoms with Crippen LogP contribution in [0.5, 0.6) is 0 Å². The van der Waals surface area contributed by atoms with Crippen LogP contribution in [0.25, 0.3) is 0 Å². The van der Waals surface area contributed by atoms with Gasteiger partial charge in [-0.2, -0.15) is 0 Å². The maximum atomic E-state index is 12.0. The summed E-state index contributed by atoms with van der Waals surface area (Å²) in [5, 5.41) is 2.96. The minimum Gasteiger partial charge on any atom is -0.351 e. The van der Waals surface area contributed by atoms with Crippen LogP contribution in [-0.2, 0) is 5.88 Å². The van der Waals surface area contributed by atoms with E-state index in [9.17, 15) is 4.79 Å². The number of hydrogen-bond acceptors (Lipinski definition) is 2. The van der Waals surface area contributed by atoms with E-state index < -0.39 is 0 Å². The first-order chi connectivity index (χ1) is 9.45. The Morgan fingerprint density at radius 1 is 1.15 bits per heavy atom. The molecule has 1 aromatic carbocycles. The van der Waals surface area contributed by atoms with Crippen molar-refractivity contribution in [1.29, 1.82) is 0 Å². The lowest BCUT2D eigenvalue weighted by atomic mass is 10.1. The van der Waals surface area contributed by atoms with Crippen LogP contribution in [-0.4, -0.2) is 36.0 Å². The molecule has 1 rings (SSSR count). The first-order valence-corrected chi connectivity index (χ1v) is 7.68. The minimum absolute atomic E-state index is 0.0291. The molecular formula is C16H25ClN2O. The maximum Gasteiger partial charge on any atom is 0.251 e. The van der Waals surface area contributed by atoms with Crippen molar-refractivity contribution in [1.82, 2.24) is 10.2 Å². The quantitative estimate of drug-likeness (QED) is 0.783. The van der Waals surface area contributed by atoms with E-state index in [1.807, 2.05) is 24.3 Å². The fraction of sp³-hybridized carbons (Fsp3) is 0.562. The molecule has 0 atom stereocenters. The fourth-order valence-corrected chi connectivity index (χ4v) is 2.44. The van der Waals surface area contributed by atoms with E-state index in [4.69, 9.17) is 11.6 Å². The Labute approximate surface area is 127 Å². The van der Waals surface area contributed by atoms with E-state index in [1.165, 1.54) is 0 Å². The monoisotopic (exact) mass is 296 g/mol. The molecule has 0 radical (unpaired) electrons. The second kappa shape index (κ2) is 8.28. The standard InChI is InChI=1S/C16H25ClN2O/c1-12(2)19(13(3)4)10-9-18-16(20)15-7-5-14(11-17)6-8-15/h5-8,12-13H,9-11H2,1-4H3,(H,18,20). The van der Waals surface area contributed by atoms with Gasteiger partial charge in [-0.15, -0.1) is 11.6 Å². The molecule has 0 saturated heterocycles. The molecule has 0 heterocycles. The van der Waals surface area contributed by atoms with Crippen LogP contribution in [0.2, 0.25) is 0 Å². The van der Waals surface area contributed by atoms with Crippen molar-refractivity contribution in [2.75, 3.05) is 13.1 Å². The van der Waals surface area contributed by atoms with E-state index in [1.54, 1.807) is 0 Å². The van der Waals surface area contributed by atoms with Crippen molar-refractivity contribution in [2.45, 2.75) is 45.7 Å². The summed E-state index contributed by atoms with van der Waals surface area (Å²) >= 11 is 5.73. The van der Waals surface area contributed by atoms with Crippen molar-refractivity contribution in [2.24, 2.45) is 0 Å². The molecule has 1 N–H and O–H groups in total. The van der Waals surface area contributed by atoms with E-state index in [2.05, 4.69) is 37.9 Å². The summed E-state index contributed by atoms with van der Waals surface area (Å²) < 4.78 is 0. The lowest BCUT2D eigenvalue weighted by molar-refractivity contribution is 0.0939. The summed E-state index contributed by atoms with van der Waals surface area (Å²) in [6, 6.07) is 8.36. The predicted molar refractivity (Wildman–Crippen MR) is 85.3 cm³/mol. The van der Waals surface area contributed by atoms with Gasteiger partial charge in [-0.1, -0.05) is 12.1 Å². The molecule has 0 aliphatic carbocycles. The van der Waals surface area contributed by atoms with Gasteiger partial charge in [-0.3, -0.25) is 9.69 Å². The number of carbonyl (C=O) groups excluding carboxylic acids is 1. The molecule has 0 aromatic heterocycles. The van der Waals surface area contributed by atoms with Crippen LogP contribution >= 0.6 is 11.6 Å². The molecule has 4 heteroatoms. The average molecular weight is 297 g/mol. The molecule has 1 amide bonds. The number of benzene rings is 1. The van der Waals surface area contributed by atoms with Gasteiger partial charge in [0.1, 0.15) is 0 Å². The number of halogens is 1. The van der Waals surface area contributed by atoms with Crippen LogP contribution < -0.4 is 5.32 Å². The molecule has 1 aromatic rings. The van der Waals surface area contributed by atoms with Crippen LogP contribution in [0.1, 0.15) is 43.6 Å². The predicted octanol–water partition coefficient (Wildman–Crippen LogP) is 3.27. The third-order valence-corrected chi connectivity index (χ3v) is 3.66. The number of alkyl halides is 1. The average Bonchev–Trinajstić information content (AvgIpc) is 2.42. The Kier molecular flexibility index (Phi) is 7.03. The molecule has 0 unspecified atom stereocenters. The number of hydrogen-bond donors (Lipinski definition) is 1. The summed E-state index contributed by atoms with van der Waals surface area (Å²) in [4.78, 5) is 14.4. The van der Waals surface area contributed by atoms with Gasteiger partial charge in [0.15, 0.2) is 0 Å². The van der Waals surface area contributed by atoms with Crippen molar-refractivity contribution in [3.63, 3.8) is 0 Å². The lowest BCUT2D eigenvalue weighted by Gasteiger charge is -2.30. The zero-order chi connectivity index (χ0) is 15.1. The zero-order valence-electron chi connectivity index (χ0n) is 12.8. The molecule has 3 nitrogen and oxygen atoms in total. The molecule has 0 saturated carbocycles. The summed E-state index contributed by atoms with van der Waals surface area (Å²) in [5.41, 5.74) is 1.70. The molecule has 0 aliphatic heterocycles. The maximum absolute atomic E-state index is 12.0. The SMILES string of the molecule is CC(C)N(CCNC(=O)c1ccc(CCl)cc1)C(C)C. The number of rotatable bonds is 7. The highest BCUT2D eigenvalue weighted by Gasteiger charge is 2.13. The van der Waals surface area contributed by atoms with Crippen LogP contribution in [0, 0.1) is 0 Å². The lowest BCUT2D eigenvalue weighted by Crippen LogP contribution is -2.42. The topological polar surface area (TPSA) is 32.3 Å². The molecule has 0 aliphatic rings. The summed E-state index contributed by atoms with van der Waals surface area (Å²) in [7, 11) is 0. The molecule has 112 valence electrons. The number of nitrogens with zero attached hydrogens (tertiary/aromatic N) is 1. The first kappa shape index (κ1) is 17.0. The van der Waals surface area contributed by atoms with E-state index in [0.29, 0.717) is 30.1 Å². The van der Waals surface area contributed by atoms with Gasteiger partial charge < -0.3 is 5.32 Å². The first-order valence-electron chi connectivity index (χ1n) is 7.14. The molecular weight excluding hydrogens is 272 g/mol. The smallest absolute Gasteiger partial charge is 0.251 e. The van der Waals surface area contributed by atoms with Crippen molar-refractivity contribution in [3.05, 3.63) is 35.4 Å². The normalized spacial score (nSPS) is 11.4. The Bertz CT molecular complexity index is 407. The second-order valence-electron chi connectivity index (χ2n) is 5.51. The van der Waals surface area contributed by atoms with Crippen molar-refractivity contribution < 1.29 is 4.79 Å². The largest absolute Gasteiger partial charge is 0.351 e. The van der Waals surface area contributed by atoms with Gasteiger partial charge in [0.05, 0.1) is 0 Å². The second-order valence-corrected chi connectivity index (χ2v) is 5.78. The van der Waals surface area contributed by atoms with Crippen LogP contribution in [0.3, 0.4) is 0 Å². The van der Waals surface area contributed by atoms with Gasteiger partial charge in [0.25, 0.3) is 5.91 Å². The van der Waals surface area contributed by atoms with Crippen LogP contribution in [0.15, 0.2) is 24.3 Å². The van der Waals surface area contributed by atoms with Gasteiger partial charge in [0.2, 0.25) is 0 Å². The van der Waals surface area contributed by atoms with E-state index >= 15 is 0 Å². The third-order valence-electron chi connectivity index (χ3n) is 3.35. The summed E-state index contributed by atoms with van der Waals surface area (Å²) in [6.45, 7) is 10.2. The van der Waals surface area contributed by atoms with Gasteiger partial charge in [0, 0.05) is 36.6 Å². The van der Waals surface area contributed by atoms with Crippen molar-refractivity contribution in [3.8, 4) is 0 Å². The van der Waals surface area contributed by atoms with E-state index in [0.717, 1.165) is 12.1 Å². The summed E-state index contributed by atoms with van der Waals surface area (Å²) in [5.74, 6) is 0.443.